The first-order chi connectivity index (χ1) is 7.91. The summed E-state index contributed by atoms with van der Waals surface area (Å²) in [6.07, 6.45) is 0.0597. The lowest BCUT2D eigenvalue weighted by Gasteiger charge is -2.22. The summed E-state index contributed by atoms with van der Waals surface area (Å²) in [4.78, 5) is -0.368. The Morgan fingerprint density at radius 3 is 2.59 bits per heavy atom. The zero-order valence-corrected chi connectivity index (χ0v) is 10.4. The molecule has 0 amide bonds. The van der Waals surface area contributed by atoms with Crippen LogP contribution in [0.25, 0.3) is 0 Å². The molecule has 4 nitrogen and oxygen atoms in total. The Balaban J connectivity index is 3.13. The highest BCUT2D eigenvalue weighted by Crippen LogP contribution is 2.20. The summed E-state index contributed by atoms with van der Waals surface area (Å²) in [5.41, 5.74) is 0. The molecule has 1 atom stereocenters. The summed E-state index contributed by atoms with van der Waals surface area (Å²) >= 11 is 0. The Kier molecular flexibility index (Phi) is 4.21. The van der Waals surface area contributed by atoms with E-state index in [0.29, 0.717) is 0 Å². The van der Waals surface area contributed by atoms with Gasteiger partial charge in [0.15, 0.2) is 0 Å². The zero-order chi connectivity index (χ0) is 13.1. The van der Waals surface area contributed by atoms with Gasteiger partial charge in [0.05, 0.1) is 12.5 Å². The normalized spacial score (nSPS) is 13.4. The maximum atomic E-state index is 13.4. The standard InChI is InChI=1S/C11H13FN2O2S/c1-9(7-8-13)14(2)17(15,16)11-6-4-3-5-10(11)12/h3-6,9H,7H2,1-2H3. The molecule has 0 aliphatic carbocycles. The summed E-state index contributed by atoms with van der Waals surface area (Å²) < 4.78 is 38.5. The molecule has 6 heteroatoms. The number of hydrogen-bond donors (Lipinski definition) is 0. The summed E-state index contributed by atoms with van der Waals surface area (Å²) in [6, 6.07) is 6.57. The van der Waals surface area contributed by atoms with Gasteiger partial charge in [-0.05, 0) is 19.1 Å². The minimum Gasteiger partial charge on any atom is -0.207 e. The Morgan fingerprint density at radius 1 is 1.47 bits per heavy atom. The van der Waals surface area contributed by atoms with Gasteiger partial charge in [0, 0.05) is 13.1 Å². The van der Waals surface area contributed by atoms with Crippen molar-refractivity contribution < 1.29 is 12.8 Å². The van der Waals surface area contributed by atoms with Gasteiger partial charge in [0.1, 0.15) is 10.7 Å². The van der Waals surface area contributed by atoms with E-state index >= 15 is 0 Å². The van der Waals surface area contributed by atoms with Crippen LogP contribution < -0.4 is 0 Å². The molecule has 0 heterocycles. The highest BCUT2D eigenvalue weighted by molar-refractivity contribution is 7.89. The van der Waals surface area contributed by atoms with Crippen molar-refractivity contribution in [2.45, 2.75) is 24.3 Å². The molecule has 0 radical (unpaired) electrons. The summed E-state index contributed by atoms with van der Waals surface area (Å²) in [5.74, 6) is -0.788. The average molecular weight is 256 g/mol. The van der Waals surface area contributed by atoms with Crippen molar-refractivity contribution >= 4 is 10.0 Å². The molecule has 1 unspecified atom stereocenters. The quantitative estimate of drug-likeness (QED) is 0.824. The number of nitrogens with zero attached hydrogens (tertiary/aromatic N) is 2. The molecular weight excluding hydrogens is 243 g/mol. The summed E-state index contributed by atoms with van der Waals surface area (Å²) in [6.45, 7) is 1.60. The number of rotatable bonds is 4. The van der Waals surface area contributed by atoms with E-state index in [0.717, 1.165) is 10.4 Å². The minimum absolute atomic E-state index is 0.0597. The van der Waals surface area contributed by atoms with Crippen molar-refractivity contribution in [3.8, 4) is 6.07 Å². The predicted molar refractivity (Wildman–Crippen MR) is 61.0 cm³/mol. The molecule has 0 aliphatic heterocycles. The lowest BCUT2D eigenvalue weighted by atomic mass is 10.3. The molecule has 1 aromatic carbocycles. The van der Waals surface area contributed by atoms with Crippen LogP contribution >= 0.6 is 0 Å². The number of halogens is 1. The lowest BCUT2D eigenvalue weighted by Crippen LogP contribution is -2.35. The Labute approximate surface area is 100 Å². The Bertz CT molecular complexity index is 537. The number of hydrogen-bond acceptors (Lipinski definition) is 3. The summed E-state index contributed by atoms with van der Waals surface area (Å²) in [7, 11) is -2.55. The third kappa shape index (κ3) is 2.81. The maximum absolute atomic E-state index is 13.4. The van der Waals surface area contributed by atoms with Crippen LogP contribution in [-0.4, -0.2) is 25.8 Å². The van der Waals surface area contributed by atoms with Crippen LogP contribution in [0.2, 0.25) is 0 Å². The third-order valence-electron chi connectivity index (χ3n) is 2.50. The SMILES string of the molecule is CC(CC#N)N(C)S(=O)(=O)c1ccccc1F. The van der Waals surface area contributed by atoms with E-state index in [1.54, 1.807) is 6.92 Å². The first-order valence-corrected chi connectivity index (χ1v) is 6.44. The molecule has 0 saturated heterocycles. The second kappa shape index (κ2) is 5.25. The average Bonchev–Trinajstić information content (AvgIpc) is 2.28. The molecule has 17 heavy (non-hydrogen) atoms. The van der Waals surface area contributed by atoms with Gasteiger partial charge < -0.3 is 0 Å². The first kappa shape index (κ1) is 13.6. The molecular formula is C11H13FN2O2S. The van der Waals surface area contributed by atoms with Gasteiger partial charge in [-0.15, -0.1) is 0 Å². The van der Waals surface area contributed by atoms with E-state index in [1.165, 1.54) is 25.2 Å². The zero-order valence-electron chi connectivity index (χ0n) is 9.59. The second-order valence-corrected chi connectivity index (χ2v) is 5.63. The van der Waals surface area contributed by atoms with Crippen LogP contribution in [0.15, 0.2) is 29.2 Å². The molecule has 0 bridgehead atoms. The topological polar surface area (TPSA) is 61.2 Å². The van der Waals surface area contributed by atoms with Crippen LogP contribution in [0.4, 0.5) is 4.39 Å². The second-order valence-electron chi connectivity index (χ2n) is 3.66. The fourth-order valence-corrected chi connectivity index (χ4v) is 2.73. The van der Waals surface area contributed by atoms with Crippen LogP contribution in [0, 0.1) is 17.1 Å². The van der Waals surface area contributed by atoms with Gasteiger partial charge in [-0.2, -0.15) is 9.57 Å². The highest BCUT2D eigenvalue weighted by atomic mass is 32.2. The largest absolute Gasteiger partial charge is 0.246 e. The van der Waals surface area contributed by atoms with Gasteiger partial charge in [-0.1, -0.05) is 12.1 Å². The fourth-order valence-electron chi connectivity index (χ4n) is 1.31. The maximum Gasteiger partial charge on any atom is 0.246 e. The molecule has 0 saturated carbocycles. The third-order valence-corrected chi connectivity index (χ3v) is 4.51. The fraction of sp³-hybridized carbons (Fsp3) is 0.364. The van der Waals surface area contributed by atoms with Gasteiger partial charge >= 0.3 is 0 Å². The Hall–Kier alpha value is -1.45. The van der Waals surface area contributed by atoms with Gasteiger partial charge in [0.2, 0.25) is 10.0 Å². The van der Waals surface area contributed by atoms with Crippen LogP contribution in [0.5, 0.6) is 0 Å². The van der Waals surface area contributed by atoms with E-state index < -0.39 is 21.9 Å². The Morgan fingerprint density at radius 2 is 2.06 bits per heavy atom. The molecule has 1 rings (SSSR count). The van der Waals surface area contributed by atoms with Crippen molar-refractivity contribution in [2.75, 3.05) is 7.05 Å². The van der Waals surface area contributed by atoms with Crippen LogP contribution in [0.1, 0.15) is 13.3 Å². The van der Waals surface area contributed by atoms with Crippen LogP contribution in [0.3, 0.4) is 0 Å². The lowest BCUT2D eigenvalue weighted by molar-refractivity contribution is 0.390. The number of benzene rings is 1. The number of sulfonamides is 1. The molecule has 0 N–H and O–H groups in total. The van der Waals surface area contributed by atoms with E-state index in [1.807, 2.05) is 6.07 Å². The van der Waals surface area contributed by atoms with Crippen molar-refractivity contribution in [3.05, 3.63) is 30.1 Å². The monoisotopic (exact) mass is 256 g/mol. The van der Waals surface area contributed by atoms with Gasteiger partial charge in [-0.25, -0.2) is 12.8 Å². The molecule has 1 aromatic rings. The van der Waals surface area contributed by atoms with Crippen molar-refractivity contribution in [2.24, 2.45) is 0 Å². The summed E-state index contributed by atoms with van der Waals surface area (Å²) in [5, 5.41) is 8.53. The van der Waals surface area contributed by atoms with E-state index in [2.05, 4.69) is 0 Å². The predicted octanol–water partition coefficient (Wildman–Crippen LogP) is 1.75. The van der Waals surface area contributed by atoms with Crippen molar-refractivity contribution in [1.29, 1.82) is 5.26 Å². The van der Waals surface area contributed by atoms with Gasteiger partial charge in [-0.3, -0.25) is 0 Å². The van der Waals surface area contributed by atoms with Gasteiger partial charge in [0.25, 0.3) is 0 Å². The molecule has 0 aliphatic rings. The van der Waals surface area contributed by atoms with Crippen molar-refractivity contribution in [1.82, 2.24) is 4.31 Å². The van der Waals surface area contributed by atoms with E-state index in [4.69, 9.17) is 5.26 Å². The molecule has 0 spiro atoms. The van der Waals surface area contributed by atoms with E-state index in [9.17, 15) is 12.8 Å². The first-order valence-electron chi connectivity index (χ1n) is 5.00. The molecule has 0 aromatic heterocycles. The highest BCUT2D eigenvalue weighted by Gasteiger charge is 2.27. The molecule has 0 fully saturated rings. The van der Waals surface area contributed by atoms with E-state index in [-0.39, 0.29) is 11.3 Å². The van der Waals surface area contributed by atoms with Crippen molar-refractivity contribution in [3.63, 3.8) is 0 Å². The number of nitriles is 1. The minimum atomic E-state index is -3.88. The van der Waals surface area contributed by atoms with Crippen LogP contribution in [-0.2, 0) is 10.0 Å². The smallest absolute Gasteiger partial charge is 0.207 e. The molecule has 92 valence electrons.